The van der Waals surface area contributed by atoms with Crippen LogP contribution in [-0.2, 0) is 0 Å². The number of rotatable bonds is 5. The summed E-state index contributed by atoms with van der Waals surface area (Å²) in [7, 11) is 0. The maximum atomic E-state index is 13.0. The Morgan fingerprint density at radius 2 is 1.71 bits per heavy atom. The van der Waals surface area contributed by atoms with Crippen molar-refractivity contribution in [1.82, 2.24) is 9.80 Å². The average Bonchev–Trinajstić information content (AvgIpc) is 3.54. The van der Waals surface area contributed by atoms with Crippen LogP contribution in [0.1, 0.15) is 73.4 Å². The third-order valence-electron chi connectivity index (χ3n) is 8.33. The van der Waals surface area contributed by atoms with Gasteiger partial charge >= 0.3 is 0 Å². The van der Waals surface area contributed by atoms with Crippen LogP contribution >= 0.6 is 11.6 Å². The highest BCUT2D eigenvalue weighted by Gasteiger charge is 2.55. The Morgan fingerprint density at radius 3 is 2.35 bits per heavy atom. The number of halogens is 1. The van der Waals surface area contributed by atoms with Crippen LogP contribution in [-0.4, -0.2) is 54.0 Å². The predicted octanol–water partition coefficient (Wildman–Crippen LogP) is 6.31. The molecule has 2 heterocycles. The number of likely N-dealkylation sites (tertiary alicyclic amines) is 2. The fourth-order valence-corrected chi connectivity index (χ4v) is 6.38. The van der Waals surface area contributed by atoms with Crippen LogP contribution in [0.3, 0.4) is 0 Å². The summed E-state index contributed by atoms with van der Waals surface area (Å²) in [5, 5.41) is 0.594. The van der Waals surface area contributed by atoms with E-state index >= 15 is 0 Å². The van der Waals surface area contributed by atoms with E-state index in [1.807, 2.05) is 30.0 Å². The molecule has 0 aromatic heterocycles. The maximum Gasteiger partial charge on any atom is 0.255 e. The highest BCUT2D eigenvalue weighted by molar-refractivity contribution is 6.34. The van der Waals surface area contributed by atoms with Gasteiger partial charge < -0.3 is 14.5 Å². The molecule has 2 aromatic carbocycles. The number of hydrogen-bond acceptors (Lipinski definition) is 3. The second kappa shape index (κ2) is 9.54. The molecule has 2 aromatic rings. The van der Waals surface area contributed by atoms with Crippen molar-refractivity contribution in [1.29, 1.82) is 0 Å². The zero-order valence-electron chi connectivity index (χ0n) is 20.7. The van der Waals surface area contributed by atoms with Gasteiger partial charge in [0.15, 0.2) is 0 Å². The summed E-state index contributed by atoms with van der Waals surface area (Å²) >= 11 is 6.41. The molecule has 1 spiro atoms. The molecule has 4 nitrogen and oxygen atoms in total. The minimum Gasteiger partial charge on any atom is -0.491 e. The second-order valence-electron chi connectivity index (χ2n) is 10.9. The molecule has 1 unspecified atom stereocenters. The van der Waals surface area contributed by atoms with E-state index in [0.717, 1.165) is 37.2 Å². The highest BCUT2D eigenvalue weighted by Crippen LogP contribution is 2.65. The number of aryl methyl sites for hydroxylation is 1. The van der Waals surface area contributed by atoms with Crippen molar-refractivity contribution in [2.75, 3.05) is 26.2 Å². The molecular weight excluding hydrogens is 444 g/mol. The second-order valence-corrected chi connectivity index (χ2v) is 11.2. The molecule has 1 saturated carbocycles. The SMILES string of the molecule is Cc1cccc(C(=O)N2CCC(N3CCC4(CC3)CC4c3ccc(OC(C)C)cc3)CC2)c1Cl. The van der Waals surface area contributed by atoms with Crippen molar-refractivity contribution < 1.29 is 9.53 Å². The monoisotopic (exact) mass is 480 g/mol. The summed E-state index contributed by atoms with van der Waals surface area (Å²) in [6, 6.07) is 15.1. The minimum absolute atomic E-state index is 0.0791. The van der Waals surface area contributed by atoms with E-state index in [1.54, 1.807) is 0 Å². The number of ether oxygens (including phenoxy) is 1. The molecule has 3 fully saturated rings. The number of amides is 1. The first-order chi connectivity index (χ1) is 16.4. The van der Waals surface area contributed by atoms with E-state index in [-0.39, 0.29) is 12.0 Å². The molecule has 1 aliphatic carbocycles. The van der Waals surface area contributed by atoms with Gasteiger partial charge in [0.25, 0.3) is 5.91 Å². The van der Waals surface area contributed by atoms with E-state index < -0.39 is 0 Å². The number of hydrogen-bond donors (Lipinski definition) is 0. The lowest BCUT2D eigenvalue weighted by molar-refractivity contribution is 0.0532. The fourth-order valence-electron chi connectivity index (χ4n) is 6.17. The Balaban J connectivity index is 1.11. The van der Waals surface area contributed by atoms with Crippen molar-refractivity contribution in [2.45, 2.75) is 70.9 Å². The molecule has 3 aliphatic rings. The molecule has 5 rings (SSSR count). The summed E-state index contributed by atoms with van der Waals surface area (Å²) in [5.41, 5.74) is 3.59. The molecule has 5 heteroatoms. The molecule has 1 atom stereocenters. The highest BCUT2D eigenvalue weighted by atomic mass is 35.5. The van der Waals surface area contributed by atoms with E-state index in [2.05, 4.69) is 43.0 Å². The molecule has 1 amide bonds. The Kier molecular flexibility index (Phi) is 6.65. The zero-order chi connectivity index (χ0) is 23.9. The molecule has 2 aliphatic heterocycles. The quantitative estimate of drug-likeness (QED) is 0.502. The van der Waals surface area contributed by atoms with Gasteiger partial charge in [-0.3, -0.25) is 4.79 Å². The van der Waals surface area contributed by atoms with Crippen LogP contribution < -0.4 is 4.74 Å². The molecule has 0 radical (unpaired) electrons. The number of carbonyl (C=O) groups excluding carboxylic acids is 1. The predicted molar refractivity (Wildman–Crippen MR) is 138 cm³/mol. The Hall–Kier alpha value is -2.04. The third kappa shape index (κ3) is 4.72. The summed E-state index contributed by atoms with van der Waals surface area (Å²) < 4.78 is 5.81. The van der Waals surface area contributed by atoms with Crippen molar-refractivity contribution >= 4 is 17.5 Å². The standard InChI is InChI=1S/C29H37ClN2O2/c1-20(2)34-24-9-7-22(8-10-24)26-19-29(26)13-17-31(18-14-29)23-11-15-32(16-12-23)28(33)25-6-4-5-21(3)27(25)30/h4-10,20,23,26H,11-19H2,1-3H3. The molecule has 0 bridgehead atoms. The topological polar surface area (TPSA) is 32.8 Å². The van der Waals surface area contributed by atoms with Crippen LogP contribution in [0.4, 0.5) is 0 Å². The van der Waals surface area contributed by atoms with Gasteiger partial charge in [-0.25, -0.2) is 0 Å². The Bertz CT molecular complexity index is 1020. The fraction of sp³-hybridized carbons (Fsp3) is 0.552. The van der Waals surface area contributed by atoms with Crippen LogP contribution in [0, 0.1) is 12.3 Å². The summed E-state index contributed by atoms with van der Waals surface area (Å²) in [4.78, 5) is 17.7. The largest absolute Gasteiger partial charge is 0.491 e. The Labute approximate surface area is 209 Å². The van der Waals surface area contributed by atoms with Crippen molar-refractivity contribution in [3.05, 3.63) is 64.2 Å². The van der Waals surface area contributed by atoms with Gasteiger partial charge in [0.2, 0.25) is 0 Å². The molecule has 2 saturated heterocycles. The van der Waals surface area contributed by atoms with Gasteiger partial charge in [-0.2, -0.15) is 0 Å². The van der Waals surface area contributed by atoms with Crippen LogP contribution in [0.2, 0.25) is 5.02 Å². The van der Waals surface area contributed by atoms with E-state index in [4.69, 9.17) is 16.3 Å². The zero-order valence-corrected chi connectivity index (χ0v) is 21.5. The van der Waals surface area contributed by atoms with Crippen LogP contribution in [0.15, 0.2) is 42.5 Å². The summed E-state index contributed by atoms with van der Waals surface area (Å²) in [6.07, 6.45) is 6.24. The number of piperidine rings is 2. The van der Waals surface area contributed by atoms with Gasteiger partial charge in [-0.1, -0.05) is 35.9 Å². The molecule has 0 N–H and O–H groups in total. The van der Waals surface area contributed by atoms with Gasteiger partial charge in [-0.05, 0) is 107 Å². The van der Waals surface area contributed by atoms with E-state index in [0.29, 0.717) is 28.0 Å². The smallest absolute Gasteiger partial charge is 0.255 e. The summed E-state index contributed by atoms with van der Waals surface area (Å²) in [6.45, 7) is 10.1. The number of carbonyl (C=O) groups is 1. The van der Waals surface area contributed by atoms with Crippen molar-refractivity contribution in [3.8, 4) is 5.75 Å². The van der Waals surface area contributed by atoms with Gasteiger partial charge in [0.05, 0.1) is 16.7 Å². The van der Waals surface area contributed by atoms with Gasteiger partial charge in [0, 0.05) is 19.1 Å². The first-order valence-electron chi connectivity index (χ1n) is 12.9. The first kappa shape index (κ1) is 23.7. The molecule has 182 valence electrons. The molecular formula is C29H37ClN2O2. The number of nitrogens with zero attached hydrogens (tertiary/aromatic N) is 2. The third-order valence-corrected chi connectivity index (χ3v) is 8.83. The van der Waals surface area contributed by atoms with E-state index in [1.165, 1.54) is 37.9 Å². The number of benzene rings is 2. The average molecular weight is 481 g/mol. The normalized spacial score (nSPS) is 22.9. The lowest BCUT2D eigenvalue weighted by atomic mass is 9.87. The van der Waals surface area contributed by atoms with E-state index in [9.17, 15) is 4.79 Å². The Morgan fingerprint density at radius 1 is 1.03 bits per heavy atom. The van der Waals surface area contributed by atoms with Gasteiger partial charge in [-0.15, -0.1) is 0 Å². The van der Waals surface area contributed by atoms with Gasteiger partial charge in [0.1, 0.15) is 5.75 Å². The van der Waals surface area contributed by atoms with Crippen molar-refractivity contribution in [3.63, 3.8) is 0 Å². The maximum absolute atomic E-state index is 13.0. The minimum atomic E-state index is 0.0791. The lowest BCUT2D eigenvalue weighted by Crippen LogP contribution is -2.49. The molecule has 34 heavy (non-hydrogen) atoms. The van der Waals surface area contributed by atoms with Crippen LogP contribution in [0.5, 0.6) is 5.75 Å². The first-order valence-corrected chi connectivity index (χ1v) is 13.3. The van der Waals surface area contributed by atoms with Crippen LogP contribution in [0.25, 0.3) is 0 Å². The summed E-state index contributed by atoms with van der Waals surface area (Å²) in [5.74, 6) is 1.76. The van der Waals surface area contributed by atoms with Crippen molar-refractivity contribution in [2.24, 2.45) is 5.41 Å². The lowest BCUT2D eigenvalue weighted by Gasteiger charge is -2.42.